The highest BCUT2D eigenvalue weighted by Gasteiger charge is 2.29. The summed E-state index contributed by atoms with van der Waals surface area (Å²) >= 11 is 0. The van der Waals surface area contributed by atoms with Crippen molar-refractivity contribution in [2.45, 2.75) is 19.9 Å². The molecular weight excluding hydrogens is 345 g/mol. The predicted molar refractivity (Wildman–Crippen MR) is 87.2 cm³/mol. The van der Waals surface area contributed by atoms with E-state index in [0.29, 0.717) is 5.69 Å². The van der Waals surface area contributed by atoms with Gasteiger partial charge >= 0.3 is 5.97 Å². The molecule has 0 N–H and O–H groups in total. The van der Waals surface area contributed by atoms with E-state index in [9.17, 15) is 18.8 Å². The first-order valence-electron chi connectivity index (χ1n) is 7.69. The van der Waals surface area contributed by atoms with Crippen LogP contribution in [-0.4, -0.2) is 42.9 Å². The summed E-state index contributed by atoms with van der Waals surface area (Å²) in [6.45, 7) is 2.81. The number of halogens is 1. The lowest BCUT2D eigenvalue weighted by Crippen LogP contribution is -2.35. The van der Waals surface area contributed by atoms with Gasteiger partial charge in [0, 0.05) is 0 Å². The molecule has 0 aliphatic carbocycles. The van der Waals surface area contributed by atoms with E-state index in [4.69, 9.17) is 4.74 Å². The number of benzene rings is 1. The van der Waals surface area contributed by atoms with Crippen LogP contribution in [0.4, 0.5) is 4.39 Å². The lowest BCUT2D eigenvalue weighted by atomic mass is 10.2. The molecule has 134 valence electrons. The molecule has 0 aliphatic heterocycles. The standard InChI is InChI=1S/C16H14FN5O4/c1-3-26-16(25)13(9(2)23)21-8-18-14-12(15(21)24)19-20-22(14)11-6-4-5-10(17)7-11/h4-8,13H,3H2,1-2H3/t13-/m0/s1. The van der Waals surface area contributed by atoms with Gasteiger partial charge in [0.2, 0.25) is 0 Å². The van der Waals surface area contributed by atoms with Crippen molar-refractivity contribution in [1.82, 2.24) is 24.5 Å². The molecule has 0 saturated heterocycles. The number of hydrogen-bond donors (Lipinski definition) is 0. The van der Waals surface area contributed by atoms with E-state index >= 15 is 0 Å². The quantitative estimate of drug-likeness (QED) is 0.490. The van der Waals surface area contributed by atoms with Crippen LogP contribution in [0, 0.1) is 5.82 Å². The minimum atomic E-state index is -1.46. The molecule has 0 amide bonds. The smallest absolute Gasteiger partial charge is 0.337 e. The Hall–Kier alpha value is -3.43. The van der Waals surface area contributed by atoms with E-state index in [1.165, 1.54) is 29.8 Å². The first kappa shape index (κ1) is 17.4. The molecule has 9 nitrogen and oxygen atoms in total. The Balaban J connectivity index is 2.14. The molecule has 0 spiro atoms. The molecule has 1 aromatic carbocycles. The van der Waals surface area contributed by atoms with Gasteiger partial charge in [-0.3, -0.25) is 14.2 Å². The Bertz CT molecular complexity index is 1060. The molecule has 0 unspecified atom stereocenters. The summed E-state index contributed by atoms with van der Waals surface area (Å²) in [7, 11) is 0. The SMILES string of the molecule is CCOC(=O)[C@H](C(C)=O)n1cnc2c(nnn2-c2cccc(F)c2)c1=O. The highest BCUT2D eigenvalue weighted by molar-refractivity contribution is 6.00. The maximum atomic E-state index is 13.4. The molecular formula is C16H14FN5O4. The minimum Gasteiger partial charge on any atom is -0.464 e. The molecule has 3 rings (SSSR count). The summed E-state index contributed by atoms with van der Waals surface area (Å²) in [6.07, 6.45) is 1.05. The Morgan fingerprint density at radius 1 is 1.35 bits per heavy atom. The van der Waals surface area contributed by atoms with Crippen molar-refractivity contribution < 1.29 is 18.7 Å². The van der Waals surface area contributed by atoms with Gasteiger partial charge in [-0.15, -0.1) is 5.10 Å². The van der Waals surface area contributed by atoms with E-state index < -0.39 is 29.2 Å². The van der Waals surface area contributed by atoms with Crippen LogP contribution in [0.2, 0.25) is 0 Å². The molecule has 1 atom stereocenters. The monoisotopic (exact) mass is 359 g/mol. The normalized spacial score (nSPS) is 12.1. The van der Waals surface area contributed by atoms with Gasteiger partial charge in [-0.1, -0.05) is 11.3 Å². The van der Waals surface area contributed by atoms with Crippen LogP contribution in [-0.2, 0) is 14.3 Å². The molecule has 0 aliphatic rings. The molecule has 26 heavy (non-hydrogen) atoms. The fourth-order valence-corrected chi connectivity index (χ4v) is 2.48. The molecule has 0 bridgehead atoms. The zero-order valence-corrected chi connectivity index (χ0v) is 13.9. The van der Waals surface area contributed by atoms with Gasteiger partial charge in [0.25, 0.3) is 5.56 Å². The molecule has 2 heterocycles. The van der Waals surface area contributed by atoms with Crippen LogP contribution < -0.4 is 5.56 Å². The van der Waals surface area contributed by atoms with E-state index in [1.807, 2.05) is 0 Å². The summed E-state index contributed by atoms with van der Waals surface area (Å²) in [5.41, 5.74) is -0.494. The third-order valence-electron chi connectivity index (χ3n) is 3.61. The van der Waals surface area contributed by atoms with Crippen LogP contribution >= 0.6 is 0 Å². The third kappa shape index (κ3) is 2.96. The van der Waals surface area contributed by atoms with E-state index in [0.717, 1.165) is 10.9 Å². The third-order valence-corrected chi connectivity index (χ3v) is 3.61. The highest BCUT2D eigenvalue weighted by atomic mass is 19.1. The number of fused-ring (bicyclic) bond motifs is 1. The lowest BCUT2D eigenvalue weighted by molar-refractivity contribution is -0.150. The van der Waals surface area contributed by atoms with Crippen molar-refractivity contribution in [3.8, 4) is 5.69 Å². The van der Waals surface area contributed by atoms with Crippen molar-refractivity contribution in [3.63, 3.8) is 0 Å². The summed E-state index contributed by atoms with van der Waals surface area (Å²) in [4.78, 5) is 40.6. The first-order valence-corrected chi connectivity index (χ1v) is 7.69. The van der Waals surface area contributed by atoms with Gasteiger partial charge in [0.15, 0.2) is 23.0 Å². The number of esters is 1. The largest absolute Gasteiger partial charge is 0.464 e. The van der Waals surface area contributed by atoms with E-state index in [-0.39, 0.29) is 17.8 Å². The number of Topliss-reactive ketones (excluding diaryl/α,β-unsaturated/α-hetero) is 1. The maximum absolute atomic E-state index is 13.4. The number of hydrogen-bond acceptors (Lipinski definition) is 7. The van der Waals surface area contributed by atoms with Crippen molar-refractivity contribution in [3.05, 3.63) is 46.8 Å². The van der Waals surface area contributed by atoms with Gasteiger partial charge in [-0.2, -0.15) is 4.68 Å². The van der Waals surface area contributed by atoms with Gasteiger partial charge in [-0.05, 0) is 32.0 Å². The fraction of sp³-hybridized carbons (Fsp3) is 0.250. The second-order valence-corrected chi connectivity index (χ2v) is 5.38. The summed E-state index contributed by atoms with van der Waals surface area (Å²) in [5.74, 6) is -1.93. The molecule has 0 fully saturated rings. The van der Waals surface area contributed by atoms with Crippen molar-refractivity contribution in [1.29, 1.82) is 0 Å². The molecule has 0 radical (unpaired) electrons. The number of carbonyl (C=O) groups is 2. The summed E-state index contributed by atoms with van der Waals surface area (Å²) in [6, 6.07) is 4.06. The average Bonchev–Trinajstić information content (AvgIpc) is 3.02. The van der Waals surface area contributed by atoms with E-state index in [2.05, 4.69) is 15.3 Å². The van der Waals surface area contributed by atoms with Gasteiger partial charge < -0.3 is 4.74 Å². The first-order chi connectivity index (χ1) is 12.4. The minimum absolute atomic E-state index is 0.0583. The lowest BCUT2D eigenvalue weighted by Gasteiger charge is -2.14. The average molecular weight is 359 g/mol. The van der Waals surface area contributed by atoms with Crippen LogP contribution in [0.3, 0.4) is 0 Å². The van der Waals surface area contributed by atoms with Crippen LogP contribution in [0.1, 0.15) is 19.9 Å². The van der Waals surface area contributed by atoms with Crippen molar-refractivity contribution in [2.75, 3.05) is 6.61 Å². The van der Waals surface area contributed by atoms with Crippen molar-refractivity contribution in [2.24, 2.45) is 0 Å². The molecule has 2 aromatic heterocycles. The van der Waals surface area contributed by atoms with Gasteiger partial charge in [0.1, 0.15) is 12.1 Å². The molecule has 0 saturated carbocycles. The predicted octanol–water partition coefficient (Wildman–Crippen LogP) is 0.809. The topological polar surface area (TPSA) is 109 Å². The fourth-order valence-electron chi connectivity index (χ4n) is 2.48. The summed E-state index contributed by atoms with van der Waals surface area (Å²) in [5, 5.41) is 7.58. The van der Waals surface area contributed by atoms with Gasteiger partial charge in [-0.25, -0.2) is 14.2 Å². The molecule has 10 heteroatoms. The van der Waals surface area contributed by atoms with Crippen LogP contribution in [0.15, 0.2) is 35.4 Å². The Kier molecular flexibility index (Phi) is 4.57. The Labute approximate surface area is 146 Å². The Morgan fingerprint density at radius 2 is 2.12 bits per heavy atom. The van der Waals surface area contributed by atoms with Crippen LogP contribution in [0.5, 0.6) is 0 Å². The number of carbonyl (C=O) groups excluding carboxylic acids is 2. The number of ether oxygens (including phenoxy) is 1. The van der Waals surface area contributed by atoms with Gasteiger partial charge in [0.05, 0.1) is 12.3 Å². The summed E-state index contributed by atoms with van der Waals surface area (Å²) < 4.78 is 20.3. The number of nitrogens with zero attached hydrogens (tertiary/aromatic N) is 5. The Morgan fingerprint density at radius 3 is 2.77 bits per heavy atom. The number of ketones is 1. The molecule has 3 aromatic rings. The zero-order chi connectivity index (χ0) is 18.8. The second kappa shape index (κ2) is 6.82. The number of rotatable bonds is 5. The zero-order valence-electron chi connectivity index (χ0n) is 13.9. The highest BCUT2D eigenvalue weighted by Crippen LogP contribution is 2.14. The maximum Gasteiger partial charge on any atom is 0.337 e. The second-order valence-electron chi connectivity index (χ2n) is 5.38. The van der Waals surface area contributed by atoms with E-state index in [1.54, 1.807) is 13.0 Å². The van der Waals surface area contributed by atoms with Crippen LogP contribution in [0.25, 0.3) is 16.9 Å². The number of aromatic nitrogens is 5. The van der Waals surface area contributed by atoms with Crippen molar-refractivity contribution >= 4 is 22.9 Å².